The summed E-state index contributed by atoms with van der Waals surface area (Å²) in [4.78, 5) is 34.4. The predicted molar refractivity (Wildman–Crippen MR) is 109 cm³/mol. The maximum Gasteiger partial charge on any atom is 0.329 e. The zero-order valence-electron chi connectivity index (χ0n) is 16.7. The highest BCUT2D eigenvalue weighted by atomic mass is 16.6. The monoisotopic (exact) mass is 413 g/mol. The van der Waals surface area contributed by atoms with Gasteiger partial charge in [-0.25, -0.2) is 5.43 Å². The first-order valence-electron chi connectivity index (χ1n) is 9.10. The fraction of sp³-hybridized carbons (Fsp3) is 0.250. The first-order valence-corrected chi connectivity index (χ1v) is 9.10. The van der Waals surface area contributed by atoms with E-state index in [0.717, 1.165) is 23.4 Å². The van der Waals surface area contributed by atoms with Crippen LogP contribution < -0.4 is 20.6 Å². The zero-order valence-corrected chi connectivity index (χ0v) is 16.7. The van der Waals surface area contributed by atoms with Crippen molar-refractivity contribution in [2.45, 2.75) is 26.7 Å². The Labute approximate surface area is 172 Å². The molecule has 158 valence electrons. The van der Waals surface area contributed by atoms with E-state index in [1.807, 2.05) is 32.0 Å². The minimum atomic E-state index is -1.01. The second kappa shape index (κ2) is 10.0. The average Bonchev–Trinajstić information content (AvgIpc) is 2.74. The number of ether oxygens (including phenoxy) is 1. The number of nitrogens with zero attached hydrogens (tertiary/aromatic N) is 2. The molecule has 0 radical (unpaired) electrons. The van der Waals surface area contributed by atoms with Crippen LogP contribution in [-0.2, 0) is 22.4 Å². The van der Waals surface area contributed by atoms with Gasteiger partial charge in [0, 0.05) is 23.1 Å². The molecule has 0 aliphatic heterocycles. The topological polar surface area (TPSA) is 146 Å². The Morgan fingerprint density at radius 1 is 1.17 bits per heavy atom. The molecule has 0 aliphatic carbocycles. The van der Waals surface area contributed by atoms with Crippen LogP contribution in [0.2, 0.25) is 0 Å². The second-order valence-corrected chi connectivity index (χ2v) is 6.14. The van der Waals surface area contributed by atoms with E-state index in [2.05, 4.69) is 15.8 Å². The first-order chi connectivity index (χ1) is 14.3. The van der Waals surface area contributed by atoms with E-state index < -0.39 is 28.2 Å². The number of hydrogen-bond donors (Lipinski definition) is 2. The van der Waals surface area contributed by atoms with Gasteiger partial charge in [0.15, 0.2) is 0 Å². The van der Waals surface area contributed by atoms with Crippen molar-refractivity contribution in [2.75, 3.05) is 12.4 Å². The number of amides is 2. The van der Waals surface area contributed by atoms with E-state index in [9.17, 15) is 24.8 Å². The van der Waals surface area contributed by atoms with Gasteiger partial charge in [0.2, 0.25) is 0 Å². The molecule has 2 amide bonds. The summed E-state index contributed by atoms with van der Waals surface area (Å²) < 4.78 is 4.82. The molecule has 0 unspecified atom stereocenters. The lowest BCUT2D eigenvalue weighted by molar-refractivity contribution is -0.398. The van der Waals surface area contributed by atoms with Crippen molar-refractivity contribution in [3.63, 3.8) is 0 Å². The highest BCUT2D eigenvalue weighted by Crippen LogP contribution is 2.33. The molecule has 0 fully saturated rings. The predicted octanol–water partition coefficient (Wildman–Crippen LogP) is 1.89. The van der Waals surface area contributed by atoms with Crippen molar-refractivity contribution in [1.82, 2.24) is 5.43 Å². The van der Waals surface area contributed by atoms with Crippen LogP contribution in [0.3, 0.4) is 0 Å². The van der Waals surface area contributed by atoms with Crippen LogP contribution in [0.4, 0.5) is 11.4 Å². The van der Waals surface area contributed by atoms with E-state index in [4.69, 9.17) is 4.74 Å². The smallest absolute Gasteiger partial charge is 0.329 e. The Morgan fingerprint density at radius 3 is 2.33 bits per heavy atom. The summed E-state index contributed by atoms with van der Waals surface area (Å²) in [6, 6.07) is 7.84. The molecule has 0 bridgehead atoms. The average molecular weight is 413 g/mol. The van der Waals surface area contributed by atoms with Crippen LogP contribution in [0, 0.1) is 10.1 Å². The number of hydrazone groups is 1. The number of benzene rings is 2. The molecule has 0 heterocycles. The van der Waals surface area contributed by atoms with E-state index in [1.165, 1.54) is 13.2 Å². The van der Waals surface area contributed by atoms with Gasteiger partial charge in [-0.15, -0.1) is 0 Å². The van der Waals surface area contributed by atoms with Crippen LogP contribution in [0.25, 0.3) is 0 Å². The van der Waals surface area contributed by atoms with Crippen LogP contribution in [0.1, 0.15) is 30.5 Å². The number of anilines is 1. The number of nitro groups is 1. The fourth-order valence-electron chi connectivity index (χ4n) is 2.76. The molecule has 2 rings (SSSR count). The maximum atomic E-state index is 12.2. The van der Waals surface area contributed by atoms with Gasteiger partial charge in [0.25, 0.3) is 5.69 Å². The summed E-state index contributed by atoms with van der Waals surface area (Å²) >= 11 is 0. The summed E-state index contributed by atoms with van der Waals surface area (Å²) in [7, 11) is 1.20. The summed E-state index contributed by atoms with van der Waals surface area (Å²) in [5.41, 5.74) is 3.90. The Morgan fingerprint density at radius 2 is 1.80 bits per heavy atom. The van der Waals surface area contributed by atoms with Crippen LogP contribution in [0.15, 0.2) is 35.4 Å². The van der Waals surface area contributed by atoms with E-state index in [1.54, 1.807) is 0 Å². The second-order valence-electron chi connectivity index (χ2n) is 6.14. The van der Waals surface area contributed by atoms with Gasteiger partial charge in [0.05, 0.1) is 18.2 Å². The Balaban J connectivity index is 2.13. The van der Waals surface area contributed by atoms with Gasteiger partial charge in [0.1, 0.15) is 5.75 Å². The van der Waals surface area contributed by atoms with E-state index >= 15 is 0 Å². The normalized spacial score (nSPS) is 10.6. The Kier molecular flexibility index (Phi) is 7.45. The van der Waals surface area contributed by atoms with Crippen LogP contribution in [-0.4, -0.2) is 30.1 Å². The quantitative estimate of drug-likeness (QED) is 0.307. The molecular weight excluding hydrogens is 392 g/mol. The maximum absolute atomic E-state index is 12.2. The zero-order chi connectivity index (χ0) is 22.3. The van der Waals surface area contributed by atoms with Gasteiger partial charge in [-0.05, 0) is 30.0 Å². The lowest BCUT2D eigenvalue weighted by atomic mass is 10.0. The van der Waals surface area contributed by atoms with Crippen molar-refractivity contribution in [2.24, 2.45) is 5.10 Å². The Bertz CT molecular complexity index is 981. The number of hydrogen-bond acceptors (Lipinski definition) is 7. The summed E-state index contributed by atoms with van der Waals surface area (Å²) in [5.74, 6) is -3.02. The number of para-hydroxylation sites is 1. The molecule has 0 spiro atoms. The molecule has 0 saturated heterocycles. The third-order valence-corrected chi connectivity index (χ3v) is 4.30. The standard InChI is InChI=1S/C20H22N4O6/c1-4-13-7-6-8-14(5-2)17(13)22-19(26)20(27)23-21-11-12-9-15(24(28)29)18(25)16(10-12)30-3/h6-11,25H,4-5H2,1-3H3,(H,22,26)(H,23,27)/p-1/b21-11-. The summed E-state index contributed by atoms with van der Waals surface area (Å²) in [6.07, 6.45) is 2.43. The SMILES string of the molecule is CCc1cccc(CC)c1NC(=O)C(=O)N/N=C\c1cc(OC)c([O-])c([N+](=O)[O-])c1. The van der Waals surface area contributed by atoms with Crippen LogP contribution >= 0.6 is 0 Å². The first kappa shape index (κ1) is 22.3. The molecule has 0 saturated carbocycles. The van der Waals surface area contributed by atoms with Gasteiger partial charge in [-0.2, -0.15) is 5.10 Å². The fourth-order valence-corrected chi connectivity index (χ4v) is 2.76. The van der Waals surface area contributed by atoms with Gasteiger partial charge in [-0.1, -0.05) is 32.0 Å². The van der Waals surface area contributed by atoms with Gasteiger partial charge >= 0.3 is 11.8 Å². The molecule has 2 aromatic rings. The molecular formula is C20H21N4O6-. The molecule has 2 N–H and O–H groups in total. The largest absolute Gasteiger partial charge is 0.865 e. The molecule has 0 aliphatic rings. The van der Waals surface area contributed by atoms with Gasteiger partial charge < -0.3 is 15.2 Å². The molecule has 2 aromatic carbocycles. The number of methoxy groups -OCH3 is 1. The van der Waals surface area contributed by atoms with E-state index in [-0.39, 0.29) is 11.3 Å². The number of rotatable bonds is 7. The number of carbonyl (C=O) groups excluding carboxylic acids is 2. The van der Waals surface area contributed by atoms with Crippen molar-refractivity contribution < 1.29 is 24.4 Å². The van der Waals surface area contributed by atoms with E-state index in [0.29, 0.717) is 18.5 Å². The Hall–Kier alpha value is -3.95. The minimum absolute atomic E-state index is 0.142. The highest BCUT2D eigenvalue weighted by molar-refractivity contribution is 6.39. The highest BCUT2D eigenvalue weighted by Gasteiger charge is 2.17. The van der Waals surface area contributed by atoms with Crippen molar-refractivity contribution in [3.05, 3.63) is 57.1 Å². The molecule has 10 nitrogen and oxygen atoms in total. The number of carbonyl (C=O) groups is 2. The summed E-state index contributed by atoms with van der Waals surface area (Å²) in [6.45, 7) is 3.88. The summed E-state index contributed by atoms with van der Waals surface area (Å²) in [5, 5.41) is 29.0. The molecule has 30 heavy (non-hydrogen) atoms. The van der Waals surface area contributed by atoms with Crippen molar-refractivity contribution >= 4 is 29.4 Å². The lowest BCUT2D eigenvalue weighted by Gasteiger charge is -2.13. The molecule has 0 aromatic heterocycles. The van der Waals surface area contributed by atoms with Crippen molar-refractivity contribution in [1.29, 1.82) is 0 Å². The lowest BCUT2D eigenvalue weighted by Crippen LogP contribution is -2.33. The number of nitro benzene ring substituents is 1. The molecule has 10 heteroatoms. The molecule has 0 atom stereocenters. The van der Waals surface area contributed by atoms with Crippen LogP contribution in [0.5, 0.6) is 11.5 Å². The number of aryl methyl sites for hydroxylation is 2. The third-order valence-electron chi connectivity index (χ3n) is 4.30. The third kappa shape index (κ3) is 5.10. The minimum Gasteiger partial charge on any atom is -0.865 e. The van der Waals surface area contributed by atoms with Gasteiger partial charge in [-0.3, -0.25) is 19.7 Å². The number of nitrogens with one attached hydrogen (secondary N) is 2. The van der Waals surface area contributed by atoms with Crippen molar-refractivity contribution in [3.8, 4) is 11.5 Å².